The predicted octanol–water partition coefficient (Wildman–Crippen LogP) is 4.29. The molecule has 0 aliphatic carbocycles. The molecule has 0 saturated carbocycles. The number of alkyl carbamates (subject to hydrolysis) is 1. The van der Waals surface area contributed by atoms with Crippen LogP contribution in [0.5, 0.6) is 5.75 Å². The van der Waals surface area contributed by atoms with Crippen molar-refractivity contribution in [1.29, 1.82) is 0 Å². The van der Waals surface area contributed by atoms with Crippen LogP contribution in [0.2, 0.25) is 0 Å². The van der Waals surface area contributed by atoms with Gasteiger partial charge in [-0.25, -0.2) is 13.6 Å². The first-order valence-electron chi connectivity index (χ1n) is 6.37. The molecule has 21 heavy (non-hydrogen) atoms. The summed E-state index contributed by atoms with van der Waals surface area (Å²) in [6, 6.07) is 4.38. The summed E-state index contributed by atoms with van der Waals surface area (Å²) in [6.07, 6.45) is -3.13. The monoisotopic (exact) mass is 365 g/mol. The molecule has 7 heteroatoms. The van der Waals surface area contributed by atoms with Gasteiger partial charge in [0, 0.05) is 5.56 Å². The maximum atomic E-state index is 12.7. The van der Waals surface area contributed by atoms with Gasteiger partial charge in [0.2, 0.25) is 0 Å². The molecule has 1 amide bonds. The zero-order valence-electron chi connectivity index (χ0n) is 12.1. The molecule has 0 radical (unpaired) electrons. The van der Waals surface area contributed by atoms with Crippen LogP contribution in [0, 0.1) is 0 Å². The van der Waals surface area contributed by atoms with Crippen molar-refractivity contribution in [3.63, 3.8) is 0 Å². The Bertz CT molecular complexity index is 490. The van der Waals surface area contributed by atoms with Crippen molar-refractivity contribution in [3.05, 3.63) is 28.2 Å². The Balaban J connectivity index is 2.43. The Hall–Kier alpha value is -1.37. The maximum absolute atomic E-state index is 12.7. The van der Waals surface area contributed by atoms with Crippen LogP contribution in [0.25, 0.3) is 0 Å². The van der Waals surface area contributed by atoms with Crippen molar-refractivity contribution in [3.8, 4) is 5.75 Å². The van der Waals surface area contributed by atoms with Crippen LogP contribution in [0.3, 0.4) is 0 Å². The molecule has 118 valence electrons. The molecule has 0 bridgehead atoms. The molecule has 0 aliphatic rings. The standard InChI is InChI=1S/C14H18BrF2NO3/c1-14(2,3)21-13(19)18-7-8-20-10-6-4-5-9(11(10)15)12(16)17/h4-6,12H,7-8H2,1-3H3,(H,18,19). The number of nitrogens with one attached hydrogen (secondary N) is 1. The van der Waals surface area contributed by atoms with E-state index >= 15 is 0 Å². The molecule has 0 aromatic heterocycles. The Kier molecular flexibility index (Phi) is 6.39. The van der Waals surface area contributed by atoms with E-state index in [9.17, 15) is 13.6 Å². The summed E-state index contributed by atoms with van der Waals surface area (Å²) in [5.41, 5.74) is -0.702. The Morgan fingerprint density at radius 1 is 1.38 bits per heavy atom. The van der Waals surface area contributed by atoms with Gasteiger partial charge in [-0.3, -0.25) is 0 Å². The minimum Gasteiger partial charge on any atom is -0.491 e. The Morgan fingerprint density at radius 2 is 2.05 bits per heavy atom. The summed E-state index contributed by atoms with van der Waals surface area (Å²) in [7, 11) is 0. The van der Waals surface area contributed by atoms with Crippen molar-refractivity contribution < 1.29 is 23.0 Å². The Morgan fingerprint density at radius 3 is 2.62 bits per heavy atom. The number of alkyl halides is 2. The number of benzene rings is 1. The highest BCUT2D eigenvalue weighted by atomic mass is 79.9. The van der Waals surface area contributed by atoms with Gasteiger partial charge in [0.15, 0.2) is 0 Å². The average Bonchev–Trinajstić information content (AvgIpc) is 2.33. The molecule has 0 unspecified atom stereocenters. The van der Waals surface area contributed by atoms with Crippen molar-refractivity contribution in [2.24, 2.45) is 0 Å². The molecule has 0 aliphatic heterocycles. The molecule has 0 atom stereocenters. The smallest absolute Gasteiger partial charge is 0.407 e. The minimum absolute atomic E-state index is 0.132. The van der Waals surface area contributed by atoms with E-state index in [-0.39, 0.29) is 23.2 Å². The van der Waals surface area contributed by atoms with E-state index in [1.165, 1.54) is 12.1 Å². The van der Waals surface area contributed by atoms with Gasteiger partial charge in [-0.2, -0.15) is 0 Å². The first-order chi connectivity index (χ1) is 9.70. The third-order valence-corrected chi connectivity index (χ3v) is 3.10. The summed E-state index contributed by atoms with van der Waals surface area (Å²) in [5, 5.41) is 2.52. The summed E-state index contributed by atoms with van der Waals surface area (Å²) < 4.78 is 36.0. The van der Waals surface area contributed by atoms with Crippen LogP contribution in [0.15, 0.2) is 22.7 Å². The molecule has 1 aromatic rings. The van der Waals surface area contributed by atoms with E-state index in [4.69, 9.17) is 9.47 Å². The lowest BCUT2D eigenvalue weighted by molar-refractivity contribution is 0.0520. The molecule has 1 N–H and O–H groups in total. The first-order valence-corrected chi connectivity index (χ1v) is 7.16. The molecule has 0 spiro atoms. The molecule has 0 heterocycles. The van der Waals surface area contributed by atoms with Gasteiger partial charge in [-0.1, -0.05) is 12.1 Å². The first kappa shape index (κ1) is 17.7. The number of amides is 1. The zero-order chi connectivity index (χ0) is 16.0. The lowest BCUT2D eigenvalue weighted by atomic mass is 10.2. The lowest BCUT2D eigenvalue weighted by Crippen LogP contribution is -2.34. The second-order valence-corrected chi connectivity index (χ2v) is 6.03. The summed E-state index contributed by atoms with van der Waals surface area (Å²) in [4.78, 5) is 11.4. The number of halogens is 3. The number of carbonyl (C=O) groups excluding carboxylic acids is 1. The molecule has 1 rings (SSSR count). The van der Waals surface area contributed by atoms with E-state index in [0.717, 1.165) is 0 Å². The van der Waals surface area contributed by atoms with Crippen LogP contribution >= 0.6 is 15.9 Å². The molecular formula is C14H18BrF2NO3. The van der Waals surface area contributed by atoms with Crippen molar-refractivity contribution in [2.75, 3.05) is 13.2 Å². The summed E-state index contributed by atoms with van der Waals surface area (Å²) in [6.45, 7) is 5.63. The molecular weight excluding hydrogens is 348 g/mol. The van der Waals surface area contributed by atoms with Crippen LogP contribution in [-0.2, 0) is 4.74 Å². The van der Waals surface area contributed by atoms with Crippen LogP contribution in [0.1, 0.15) is 32.8 Å². The largest absolute Gasteiger partial charge is 0.491 e. The quantitative estimate of drug-likeness (QED) is 0.791. The van der Waals surface area contributed by atoms with E-state index in [2.05, 4.69) is 21.2 Å². The number of rotatable bonds is 5. The van der Waals surface area contributed by atoms with Gasteiger partial charge in [0.1, 0.15) is 18.0 Å². The van der Waals surface area contributed by atoms with Crippen molar-refractivity contribution in [1.82, 2.24) is 5.32 Å². The highest BCUT2D eigenvalue weighted by molar-refractivity contribution is 9.10. The number of hydrogen-bond acceptors (Lipinski definition) is 3. The van der Waals surface area contributed by atoms with Crippen molar-refractivity contribution >= 4 is 22.0 Å². The Labute approximate surface area is 130 Å². The normalized spacial score (nSPS) is 11.4. The van der Waals surface area contributed by atoms with Gasteiger partial charge < -0.3 is 14.8 Å². The van der Waals surface area contributed by atoms with Gasteiger partial charge in [0.25, 0.3) is 6.43 Å². The fraction of sp³-hybridized carbons (Fsp3) is 0.500. The zero-order valence-corrected chi connectivity index (χ0v) is 13.7. The molecule has 0 fully saturated rings. The number of ether oxygens (including phenoxy) is 2. The highest BCUT2D eigenvalue weighted by Gasteiger charge is 2.16. The van der Waals surface area contributed by atoms with Gasteiger partial charge in [-0.05, 0) is 42.8 Å². The van der Waals surface area contributed by atoms with Crippen LogP contribution in [-0.4, -0.2) is 24.8 Å². The molecule has 4 nitrogen and oxygen atoms in total. The minimum atomic E-state index is -2.58. The van der Waals surface area contributed by atoms with Gasteiger partial charge in [0.05, 0.1) is 11.0 Å². The van der Waals surface area contributed by atoms with Gasteiger partial charge >= 0.3 is 6.09 Å². The van der Waals surface area contributed by atoms with E-state index in [1.54, 1.807) is 26.8 Å². The SMILES string of the molecule is CC(C)(C)OC(=O)NCCOc1cccc(C(F)F)c1Br. The van der Waals surface area contributed by atoms with Crippen LogP contribution in [0.4, 0.5) is 13.6 Å². The predicted molar refractivity (Wildman–Crippen MR) is 78.8 cm³/mol. The second kappa shape index (κ2) is 7.59. The average molecular weight is 366 g/mol. The maximum Gasteiger partial charge on any atom is 0.407 e. The van der Waals surface area contributed by atoms with E-state index in [1.807, 2.05) is 0 Å². The van der Waals surface area contributed by atoms with E-state index in [0.29, 0.717) is 5.75 Å². The number of carbonyl (C=O) groups is 1. The summed E-state index contributed by atoms with van der Waals surface area (Å²) in [5.74, 6) is 0.304. The third-order valence-electron chi connectivity index (χ3n) is 2.26. The fourth-order valence-electron chi connectivity index (χ4n) is 1.44. The van der Waals surface area contributed by atoms with E-state index < -0.39 is 18.1 Å². The van der Waals surface area contributed by atoms with Crippen molar-refractivity contribution in [2.45, 2.75) is 32.8 Å². The van der Waals surface area contributed by atoms with Gasteiger partial charge in [-0.15, -0.1) is 0 Å². The topological polar surface area (TPSA) is 47.6 Å². The second-order valence-electron chi connectivity index (χ2n) is 5.24. The molecule has 1 aromatic carbocycles. The molecule has 0 saturated heterocycles. The van der Waals surface area contributed by atoms with Crippen LogP contribution < -0.4 is 10.1 Å². The number of hydrogen-bond donors (Lipinski definition) is 1. The highest BCUT2D eigenvalue weighted by Crippen LogP contribution is 2.34. The third kappa shape index (κ3) is 6.29. The summed E-state index contributed by atoms with van der Waals surface area (Å²) >= 11 is 3.09. The fourth-order valence-corrected chi connectivity index (χ4v) is 1.99. The lowest BCUT2D eigenvalue weighted by Gasteiger charge is -2.19.